The van der Waals surface area contributed by atoms with E-state index in [0.29, 0.717) is 12.8 Å². The molecule has 0 aromatic carbocycles. The smallest absolute Gasteiger partial charge is 0.220 e. The molecule has 1 aliphatic rings. The fourth-order valence-electron chi connectivity index (χ4n) is 4.86. The highest BCUT2D eigenvalue weighted by Crippen LogP contribution is 2.22. The van der Waals surface area contributed by atoms with E-state index in [4.69, 9.17) is 9.47 Å². The molecule has 1 aliphatic heterocycles. The number of amides is 1. The molecule has 9 nitrogen and oxygen atoms in total. The van der Waals surface area contributed by atoms with Crippen molar-refractivity contribution in [3.05, 3.63) is 0 Å². The minimum Gasteiger partial charge on any atom is -0.394 e. The summed E-state index contributed by atoms with van der Waals surface area (Å²) < 4.78 is 11.1. The third-order valence-corrected chi connectivity index (χ3v) is 7.46. The van der Waals surface area contributed by atoms with Crippen LogP contribution in [-0.2, 0) is 14.3 Å². The minimum atomic E-state index is -1.54. The summed E-state index contributed by atoms with van der Waals surface area (Å²) in [4.78, 5) is 12.7. The van der Waals surface area contributed by atoms with Crippen molar-refractivity contribution < 1.29 is 39.8 Å². The SMILES string of the molecule is CCCCCCCCCCCCC(=O)NC(COC1OC(CO)C(O)C(O)C1O)C(O)CCCCCCC. The topological polar surface area (TPSA) is 149 Å². The first-order valence-electron chi connectivity index (χ1n) is 15.2. The van der Waals surface area contributed by atoms with Gasteiger partial charge in [0.15, 0.2) is 6.29 Å². The summed E-state index contributed by atoms with van der Waals surface area (Å²) in [7, 11) is 0. The second kappa shape index (κ2) is 21.9. The van der Waals surface area contributed by atoms with Crippen LogP contribution in [0.25, 0.3) is 0 Å². The third-order valence-electron chi connectivity index (χ3n) is 7.46. The molecule has 38 heavy (non-hydrogen) atoms. The van der Waals surface area contributed by atoms with E-state index in [-0.39, 0.29) is 12.5 Å². The molecule has 0 aliphatic carbocycles. The highest BCUT2D eigenvalue weighted by molar-refractivity contribution is 5.76. The van der Waals surface area contributed by atoms with E-state index in [1.54, 1.807) is 0 Å². The van der Waals surface area contributed by atoms with Gasteiger partial charge < -0.3 is 40.3 Å². The Kier molecular flexibility index (Phi) is 20.3. The van der Waals surface area contributed by atoms with Crippen LogP contribution in [0.1, 0.15) is 123 Å². The summed E-state index contributed by atoms with van der Waals surface area (Å²) >= 11 is 0. The average Bonchev–Trinajstić information content (AvgIpc) is 2.91. The third kappa shape index (κ3) is 14.5. The van der Waals surface area contributed by atoms with Gasteiger partial charge in [-0.25, -0.2) is 0 Å². The number of ether oxygens (including phenoxy) is 2. The fraction of sp³-hybridized carbons (Fsp3) is 0.966. The number of carbonyl (C=O) groups excluding carboxylic acids is 1. The number of aliphatic hydroxyl groups is 5. The molecule has 0 bridgehead atoms. The summed E-state index contributed by atoms with van der Waals surface area (Å²) in [5.74, 6) is -0.156. The van der Waals surface area contributed by atoms with Crippen molar-refractivity contribution in [3.8, 4) is 0 Å². The summed E-state index contributed by atoms with van der Waals surface area (Å²) in [5, 5.41) is 53.3. The zero-order valence-electron chi connectivity index (χ0n) is 23.9. The summed E-state index contributed by atoms with van der Waals surface area (Å²) in [6.07, 6.45) is 10.2. The maximum Gasteiger partial charge on any atom is 0.220 e. The van der Waals surface area contributed by atoms with Gasteiger partial charge in [0, 0.05) is 6.42 Å². The predicted octanol–water partition coefficient (Wildman–Crippen LogP) is 3.32. The molecule has 1 amide bonds. The van der Waals surface area contributed by atoms with Gasteiger partial charge in [-0.1, -0.05) is 104 Å². The van der Waals surface area contributed by atoms with Crippen molar-refractivity contribution in [2.45, 2.75) is 166 Å². The van der Waals surface area contributed by atoms with Crippen LogP contribution in [0.15, 0.2) is 0 Å². The number of hydrogen-bond donors (Lipinski definition) is 6. The lowest BCUT2D eigenvalue weighted by molar-refractivity contribution is -0.302. The van der Waals surface area contributed by atoms with Gasteiger partial charge in [-0.05, 0) is 12.8 Å². The maximum absolute atomic E-state index is 12.7. The molecule has 7 atom stereocenters. The molecule has 0 aromatic heterocycles. The molecule has 1 heterocycles. The van der Waals surface area contributed by atoms with Gasteiger partial charge in [-0.2, -0.15) is 0 Å². The van der Waals surface area contributed by atoms with Crippen LogP contribution in [-0.4, -0.2) is 87.5 Å². The molecule has 7 unspecified atom stereocenters. The Morgan fingerprint density at radius 3 is 1.87 bits per heavy atom. The average molecular weight is 548 g/mol. The molecule has 1 saturated heterocycles. The molecule has 0 aromatic rings. The number of carbonyl (C=O) groups is 1. The second-order valence-electron chi connectivity index (χ2n) is 10.9. The molecule has 0 saturated carbocycles. The number of aliphatic hydroxyl groups excluding tert-OH is 5. The standard InChI is InChI=1S/C29H57NO8/c1-3-5-7-9-10-11-12-13-15-17-19-25(33)30-22(23(32)18-16-14-8-6-4-2)21-37-29-28(36)27(35)26(34)24(20-31)38-29/h22-24,26-29,31-32,34-36H,3-21H2,1-2H3,(H,30,33). The quantitative estimate of drug-likeness (QED) is 0.107. The van der Waals surface area contributed by atoms with Gasteiger partial charge >= 0.3 is 0 Å². The van der Waals surface area contributed by atoms with Gasteiger partial charge in [0.1, 0.15) is 24.4 Å². The first-order chi connectivity index (χ1) is 18.3. The van der Waals surface area contributed by atoms with Crippen LogP contribution in [0.5, 0.6) is 0 Å². The molecule has 0 spiro atoms. The van der Waals surface area contributed by atoms with Crippen molar-refractivity contribution in [3.63, 3.8) is 0 Å². The first-order valence-corrected chi connectivity index (χ1v) is 15.2. The van der Waals surface area contributed by atoms with Crippen LogP contribution >= 0.6 is 0 Å². The first kappa shape index (κ1) is 35.2. The molecule has 6 N–H and O–H groups in total. The lowest BCUT2D eigenvalue weighted by Gasteiger charge is -2.40. The lowest BCUT2D eigenvalue weighted by Crippen LogP contribution is -2.60. The van der Waals surface area contributed by atoms with Crippen molar-refractivity contribution in [1.29, 1.82) is 0 Å². The van der Waals surface area contributed by atoms with Gasteiger partial charge in [0.25, 0.3) is 0 Å². The van der Waals surface area contributed by atoms with Crippen LogP contribution in [0.3, 0.4) is 0 Å². The van der Waals surface area contributed by atoms with E-state index < -0.39 is 49.5 Å². The van der Waals surface area contributed by atoms with Crippen molar-refractivity contribution in [2.75, 3.05) is 13.2 Å². The number of unbranched alkanes of at least 4 members (excludes halogenated alkanes) is 13. The Morgan fingerprint density at radius 2 is 1.32 bits per heavy atom. The number of rotatable bonds is 23. The molecule has 0 radical (unpaired) electrons. The van der Waals surface area contributed by atoms with Gasteiger partial charge in [-0.15, -0.1) is 0 Å². The van der Waals surface area contributed by atoms with Crippen LogP contribution in [0, 0.1) is 0 Å². The summed E-state index contributed by atoms with van der Waals surface area (Å²) in [5.41, 5.74) is 0. The summed E-state index contributed by atoms with van der Waals surface area (Å²) in [6.45, 7) is 3.68. The Balaban J connectivity index is 2.49. The number of hydrogen-bond acceptors (Lipinski definition) is 8. The monoisotopic (exact) mass is 547 g/mol. The summed E-state index contributed by atoms with van der Waals surface area (Å²) in [6, 6.07) is -0.704. The molecule has 9 heteroatoms. The van der Waals surface area contributed by atoms with E-state index in [9.17, 15) is 30.3 Å². The Bertz CT molecular complexity index is 579. The van der Waals surface area contributed by atoms with Gasteiger partial charge in [0.2, 0.25) is 5.91 Å². The van der Waals surface area contributed by atoms with Crippen molar-refractivity contribution in [2.24, 2.45) is 0 Å². The van der Waals surface area contributed by atoms with Gasteiger partial charge in [-0.3, -0.25) is 4.79 Å². The Hall–Kier alpha value is -0.810. The van der Waals surface area contributed by atoms with E-state index in [2.05, 4.69) is 19.2 Å². The van der Waals surface area contributed by atoms with E-state index >= 15 is 0 Å². The predicted molar refractivity (Wildman–Crippen MR) is 147 cm³/mol. The van der Waals surface area contributed by atoms with Gasteiger partial charge in [0.05, 0.1) is 25.4 Å². The van der Waals surface area contributed by atoms with Crippen LogP contribution < -0.4 is 5.32 Å². The highest BCUT2D eigenvalue weighted by Gasteiger charge is 2.44. The lowest BCUT2D eigenvalue weighted by atomic mass is 9.99. The maximum atomic E-state index is 12.7. The van der Waals surface area contributed by atoms with Crippen molar-refractivity contribution >= 4 is 5.91 Å². The molecule has 1 fully saturated rings. The van der Waals surface area contributed by atoms with Crippen LogP contribution in [0.2, 0.25) is 0 Å². The highest BCUT2D eigenvalue weighted by atomic mass is 16.7. The van der Waals surface area contributed by atoms with E-state index in [1.807, 2.05) is 0 Å². The Labute approximate surface area is 230 Å². The van der Waals surface area contributed by atoms with Crippen LogP contribution in [0.4, 0.5) is 0 Å². The molecule has 1 rings (SSSR count). The van der Waals surface area contributed by atoms with Crippen molar-refractivity contribution in [1.82, 2.24) is 5.32 Å². The molecular formula is C29H57NO8. The largest absolute Gasteiger partial charge is 0.394 e. The Morgan fingerprint density at radius 1 is 0.789 bits per heavy atom. The van der Waals surface area contributed by atoms with E-state index in [1.165, 1.54) is 44.9 Å². The molecular weight excluding hydrogens is 490 g/mol. The zero-order valence-corrected chi connectivity index (χ0v) is 23.9. The van der Waals surface area contributed by atoms with E-state index in [0.717, 1.165) is 51.4 Å². The zero-order chi connectivity index (χ0) is 28.2. The second-order valence-corrected chi connectivity index (χ2v) is 10.9. The molecule has 226 valence electrons. The minimum absolute atomic E-state index is 0.136. The number of nitrogens with one attached hydrogen (secondary N) is 1. The normalized spacial score (nSPS) is 25.3. The fourth-order valence-corrected chi connectivity index (χ4v) is 4.86.